The van der Waals surface area contributed by atoms with Gasteiger partial charge in [-0.2, -0.15) is 4.31 Å². The first-order chi connectivity index (χ1) is 8.41. The Balaban J connectivity index is 2.38. The average molecular weight is 291 g/mol. The van der Waals surface area contributed by atoms with Crippen LogP contribution in [0.15, 0.2) is 17.2 Å². The number of nitrogens with two attached hydrogens (primary N) is 2. The molecule has 0 aliphatic carbocycles. The standard InChI is InChI=1S/C10H15ClN4O2S/c11-7-4-9(10(13)14-5-7)18(16,17)15-3-1-2-8(12)6-15/h4-5,8H,1-3,6,12H2,(H2,13,14). The summed E-state index contributed by atoms with van der Waals surface area (Å²) in [6.07, 6.45) is 2.89. The molecule has 18 heavy (non-hydrogen) atoms. The van der Waals surface area contributed by atoms with Gasteiger partial charge in [0.05, 0.1) is 5.02 Å². The average Bonchev–Trinajstić information content (AvgIpc) is 2.32. The van der Waals surface area contributed by atoms with E-state index in [0.29, 0.717) is 13.1 Å². The summed E-state index contributed by atoms with van der Waals surface area (Å²) >= 11 is 5.76. The van der Waals surface area contributed by atoms with E-state index in [4.69, 9.17) is 23.1 Å². The Kier molecular flexibility index (Phi) is 3.76. The summed E-state index contributed by atoms with van der Waals surface area (Å²) in [7, 11) is -3.67. The molecule has 1 aromatic heterocycles. The lowest BCUT2D eigenvalue weighted by atomic mass is 10.1. The van der Waals surface area contributed by atoms with Crippen molar-refractivity contribution in [3.05, 3.63) is 17.3 Å². The molecule has 2 rings (SSSR count). The van der Waals surface area contributed by atoms with E-state index in [1.54, 1.807) is 0 Å². The van der Waals surface area contributed by atoms with Gasteiger partial charge in [0.15, 0.2) is 0 Å². The van der Waals surface area contributed by atoms with Crippen molar-refractivity contribution in [1.29, 1.82) is 0 Å². The van der Waals surface area contributed by atoms with Crippen molar-refractivity contribution in [2.75, 3.05) is 18.8 Å². The Hall–Kier alpha value is -0.890. The fourth-order valence-electron chi connectivity index (χ4n) is 1.97. The third kappa shape index (κ3) is 2.59. The number of hydrogen-bond acceptors (Lipinski definition) is 5. The molecule has 0 amide bonds. The van der Waals surface area contributed by atoms with Crippen LogP contribution < -0.4 is 11.5 Å². The zero-order valence-electron chi connectivity index (χ0n) is 9.71. The molecule has 1 unspecified atom stereocenters. The summed E-state index contributed by atoms with van der Waals surface area (Å²) in [5.74, 6) is -0.0430. The Morgan fingerprint density at radius 3 is 2.89 bits per heavy atom. The minimum absolute atomic E-state index is 0.0430. The molecular weight excluding hydrogens is 276 g/mol. The second-order valence-electron chi connectivity index (χ2n) is 4.30. The summed E-state index contributed by atoms with van der Waals surface area (Å²) in [5, 5.41) is 0.240. The van der Waals surface area contributed by atoms with Crippen LogP contribution in [-0.4, -0.2) is 36.8 Å². The lowest BCUT2D eigenvalue weighted by molar-refractivity contribution is 0.316. The van der Waals surface area contributed by atoms with Crippen LogP contribution in [0.5, 0.6) is 0 Å². The predicted octanol–water partition coefficient (Wildman–Crippen LogP) is 0.429. The molecule has 1 atom stereocenters. The second kappa shape index (κ2) is 5.00. The smallest absolute Gasteiger partial charge is 0.246 e. The third-order valence-corrected chi connectivity index (χ3v) is 4.99. The molecule has 8 heteroatoms. The fraction of sp³-hybridized carbons (Fsp3) is 0.500. The summed E-state index contributed by atoms with van der Waals surface area (Å²) < 4.78 is 26.1. The van der Waals surface area contributed by atoms with Gasteiger partial charge in [-0.25, -0.2) is 13.4 Å². The highest BCUT2D eigenvalue weighted by molar-refractivity contribution is 7.89. The number of piperidine rings is 1. The molecule has 0 saturated carbocycles. The van der Waals surface area contributed by atoms with E-state index >= 15 is 0 Å². The normalized spacial score (nSPS) is 22.0. The number of pyridine rings is 1. The highest BCUT2D eigenvalue weighted by Gasteiger charge is 2.30. The van der Waals surface area contributed by atoms with Crippen molar-refractivity contribution in [2.24, 2.45) is 5.73 Å². The van der Waals surface area contributed by atoms with Gasteiger partial charge in [-0.1, -0.05) is 11.6 Å². The van der Waals surface area contributed by atoms with Crippen LogP contribution in [0.1, 0.15) is 12.8 Å². The molecule has 6 nitrogen and oxygen atoms in total. The zero-order chi connectivity index (χ0) is 13.3. The van der Waals surface area contributed by atoms with Crippen molar-refractivity contribution in [2.45, 2.75) is 23.8 Å². The summed E-state index contributed by atoms with van der Waals surface area (Å²) in [4.78, 5) is 3.72. The van der Waals surface area contributed by atoms with E-state index in [1.807, 2.05) is 0 Å². The van der Waals surface area contributed by atoms with E-state index in [2.05, 4.69) is 4.98 Å². The molecular formula is C10H15ClN4O2S. The van der Waals surface area contributed by atoms with Crippen LogP contribution in [0, 0.1) is 0 Å². The van der Waals surface area contributed by atoms with Gasteiger partial charge >= 0.3 is 0 Å². The lowest BCUT2D eigenvalue weighted by Crippen LogP contribution is -2.45. The van der Waals surface area contributed by atoms with E-state index in [9.17, 15) is 8.42 Å². The van der Waals surface area contributed by atoms with Gasteiger partial charge in [0, 0.05) is 25.3 Å². The fourth-order valence-corrected chi connectivity index (χ4v) is 3.82. The van der Waals surface area contributed by atoms with Crippen LogP contribution >= 0.6 is 11.6 Å². The largest absolute Gasteiger partial charge is 0.383 e. The molecule has 1 fully saturated rings. The first-order valence-corrected chi connectivity index (χ1v) is 7.40. The number of anilines is 1. The molecule has 1 aliphatic rings. The van der Waals surface area contributed by atoms with Gasteiger partial charge < -0.3 is 11.5 Å². The summed E-state index contributed by atoms with van der Waals surface area (Å²) in [5.41, 5.74) is 11.4. The SMILES string of the molecule is Nc1ncc(Cl)cc1S(=O)(=O)N1CCCC(N)C1. The van der Waals surface area contributed by atoms with Crippen LogP contribution in [-0.2, 0) is 10.0 Å². The van der Waals surface area contributed by atoms with E-state index < -0.39 is 10.0 Å². The number of nitrogens with zero attached hydrogens (tertiary/aromatic N) is 2. The number of hydrogen-bond donors (Lipinski definition) is 2. The molecule has 0 radical (unpaired) electrons. The molecule has 1 aromatic rings. The first kappa shape index (κ1) is 13.5. The van der Waals surface area contributed by atoms with Crippen molar-refractivity contribution in [3.8, 4) is 0 Å². The van der Waals surface area contributed by atoms with Crippen LogP contribution in [0.2, 0.25) is 5.02 Å². The highest BCUT2D eigenvalue weighted by atomic mass is 35.5. The van der Waals surface area contributed by atoms with E-state index in [1.165, 1.54) is 16.6 Å². The van der Waals surface area contributed by atoms with Crippen molar-refractivity contribution >= 4 is 27.4 Å². The minimum atomic E-state index is -3.67. The number of nitrogen functional groups attached to an aromatic ring is 1. The summed E-state index contributed by atoms with van der Waals surface area (Å²) in [6.45, 7) is 0.746. The maximum atomic E-state index is 12.4. The first-order valence-electron chi connectivity index (χ1n) is 5.58. The van der Waals surface area contributed by atoms with Gasteiger partial charge in [0.25, 0.3) is 0 Å². The number of aromatic nitrogens is 1. The van der Waals surface area contributed by atoms with E-state index in [-0.39, 0.29) is 21.8 Å². The van der Waals surface area contributed by atoms with Crippen molar-refractivity contribution in [1.82, 2.24) is 9.29 Å². The zero-order valence-corrected chi connectivity index (χ0v) is 11.3. The molecule has 1 saturated heterocycles. The predicted molar refractivity (Wildman–Crippen MR) is 69.6 cm³/mol. The van der Waals surface area contributed by atoms with Gasteiger partial charge in [0.1, 0.15) is 10.7 Å². The molecule has 2 heterocycles. The number of rotatable bonds is 2. The highest BCUT2D eigenvalue weighted by Crippen LogP contribution is 2.25. The maximum Gasteiger partial charge on any atom is 0.246 e. The minimum Gasteiger partial charge on any atom is -0.383 e. The Morgan fingerprint density at radius 1 is 1.50 bits per heavy atom. The third-order valence-electron chi connectivity index (χ3n) is 2.89. The lowest BCUT2D eigenvalue weighted by Gasteiger charge is -2.30. The monoisotopic (exact) mass is 290 g/mol. The number of halogens is 1. The number of sulfonamides is 1. The molecule has 0 spiro atoms. The molecule has 1 aliphatic heterocycles. The van der Waals surface area contributed by atoms with Gasteiger partial charge in [-0.15, -0.1) is 0 Å². The van der Waals surface area contributed by atoms with Crippen LogP contribution in [0.3, 0.4) is 0 Å². The topological polar surface area (TPSA) is 102 Å². The van der Waals surface area contributed by atoms with Crippen LogP contribution in [0.4, 0.5) is 5.82 Å². The molecule has 100 valence electrons. The van der Waals surface area contributed by atoms with Gasteiger partial charge in [-0.3, -0.25) is 0 Å². The van der Waals surface area contributed by atoms with Gasteiger partial charge in [0.2, 0.25) is 10.0 Å². The quantitative estimate of drug-likeness (QED) is 0.822. The van der Waals surface area contributed by atoms with Crippen molar-refractivity contribution < 1.29 is 8.42 Å². The summed E-state index contributed by atoms with van der Waals surface area (Å²) in [6, 6.07) is 1.18. The Labute approximate surface area is 111 Å². The Bertz CT molecular complexity index is 549. The van der Waals surface area contributed by atoms with Crippen molar-refractivity contribution in [3.63, 3.8) is 0 Å². The molecule has 0 bridgehead atoms. The van der Waals surface area contributed by atoms with E-state index in [0.717, 1.165) is 12.8 Å². The second-order valence-corrected chi connectivity index (χ2v) is 6.65. The van der Waals surface area contributed by atoms with Gasteiger partial charge in [-0.05, 0) is 18.9 Å². The molecule has 0 aromatic carbocycles. The van der Waals surface area contributed by atoms with Crippen LogP contribution in [0.25, 0.3) is 0 Å². The Morgan fingerprint density at radius 2 is 2.22 bits per heavy atom. The maximum absolute atomic E-state index is 12.4. The molecule has 4 N–H and O–H groups in total.